The number of piperidine rings is 1. The predicted molar refractivity (Wildman–Crippen MR) is 168 cm³/mol. The second-order valence-corrected chi connectivity index (χ2v) is 10.7. The van der Waals surface area contributed by atoms with Crippen LogP contribution in [-0.2, 0) is 5.41 Å². The van der Waals surface area contributed by atoms with Crippen molar-refractivity contribution in [2.24, 2.45) is 5.92 Å². The van der Waals surface area contributed by atoms with Gasteiger partial charge in [-0.3, -0.25) is 4.79 Å². The Balaban J connectivity index is 0. The molecule has 1 aliphatic rings. The van der Waals surface area contributed by atoms with Gasteiger partial charge in [0.25, 0.3) is 0 Å². The van der Waals surface area contributed by atoms with Gasteiger partial charge in [-0.1, -0.05) is 150 Å². The number of unbranched alkanes of at least 4 members (excludes halogenated alkanes) is 2. The monoisotopic (exact) mass is 511 g/mol. The van der Waals surface area contributed by atoms with Crippen LogP contribution in [0.3, 0.4) is 0 Å². The Labute approximate surface area is 232 Å². The van der Waals surface area contributed by atoms with E-state index in [4.69, 9.17) is 0 Å². The van der Waals surface area contributed by atoms with Gasteiger partial charge in [0.2, 0.25) is 0 Å². The van der Waals surface area contributed by atoms with Crippen molar-refractivity contribution in [1.29, 1.82) is 0 Å². The Morgan fingerprint density at radius 2 is 1.38 bits per heavy atom. The average molecular weight is 512 g/mol. The molecule has 0 aliphatic carbocycles. The lowest BCUT2D eigenvalue weighted by Gasteiger charge is -2.27. The molecule has 0 unspecified atom stereocenters. The highest BCUT2D eigenvalue weighted by atomic mass is 16.1. The van der Waals surface area contributed by atoms with Gasteiger partial charge in [-0.2, -0.15) is 0 Å². The van der Waals surface area contributed by atoms with Crippen LogP contribution in [0.15, 0.2) is 54.6 Å². The Bertz CT molecular complexity index is 778. The van der Waals surface area contributed by atoms with E-state index in [9.17, 15) is 4.79 Å². The smallest absolute Gasteiger partial charge is 0.166 e. The van der Waals surface area contributed by atoms with Crippen molar-refractivity contribution in [2.75, 3.05) is 20.1 Å². The van der Waals surface area contributed by atoms with Crippen molar-refractivity contribution < 1.29 is 4.79 Å². The molecule has 2 nitrogen and oxygen atoms in total. The third-order valence-corrected chi connectivity index (χ3v) is 6.27. The number of ketones is 1. The van der Waals surface area contributed by atoms with Crippen molar-refractivity contribution in [3.63, 3.8) is 0 Å². The first-order valence-corrected chi connectivity index (χ1v) is 15.0. The highest BCUT2D eigenvalue weighted by molar-refractivity contribution is 5.97. The molecule has 0 aromatic heterocycles. The zero-order chi connectivity index (χ0) is 28.9. The molecule has 212 valence electrons. The summed E-state index contributed by atoms with van der Waals surface area (Å²) in [6.07, 6.45) is 6.08. The van der Waals surface area contributed by atoms with Gasteiger partial charge in [0.1, 0.15) is 0 Å². The van der Waals surface area contributed by atoms with Crippen LogP contribution >= 0.6 is 0 Å². The quantitative estimate of drug-likeness (QED) is 0.372. The molecule has 0 radical (unpaired) electrons. The highest BCUT2D eigenvalue weighted by Gasteiger charge is 2.23. The topological polar surface area (TPSA) is 20.3 Å². The van der Waals surface area contributed by atoms with Gasteiger partial charge < -0.3 is 4.90 Å². The Kier molecular flexibility index (Phi) is 22.2. The molecule has 1 saturated heterocycles. The second-order valence-electron chi connectivity index (χ2n) is 10.7. The minimum Gasteiger partial charge on any atom is -0.306 e. The van der Waals surface area contributed by atoms with Gasteiger partial charge in [-0.15, -0.1) is 0 Å². The first-order chi connectivity index (χ1) is 17.6. The summed E-state index contributed by atoms with van der Waals surface area (Å²) in [5.41, 5.74) is 4.00. The number of likely N-dealkylation sites (tertiary alicyclic amines) is 1. The van der Waals surface area contributed by atoms with Crippen LogP contribution in [0.1, 0.15) is 136 Å². The molecule has 2 aromatic rings. The molecule has 2 aromatic carbocycles. The molecule has 0 bridgehead atoms. The fraction of sp³-hybridized carbons (Fsp3) is 0.629. The summed E-state index contributed by atoms with van der Waals surface area (Å²) in [6, 6.07) is 18.6. The highest BCUT2D eigenvalue weighted by Crippen LogP contribution is 2.25. The second kappa shape index (κ2) is 22.1. The number of benzene rings is 2. The van der Waals surface area contributed by atoms with Crippen molar-refractivity contribution in [3.05, 3.63) is 71.3 Å². The molecule has 0 amide bonds. The molecule has 1 heterocycles. The molecular formula is C35H61NO. The van der Waals surface area contributed by atoms with E-state index in [1.165, 1.54) is 30.4 Å². The van der Waals surface area contributed by atoms with Crippen molar-refractivity contribution >= 4 is 5.78 Å². The van der Waals surface area contributed by atoms with Gasteiger partial charge in [0.05, 0.1) is 0 Å². The molecule has 1 fully saturated rings. The van der Waals surface area contributed by atoms with Crippen LogP contribution in [0.2, 0.25) is 0 Å². The fourth-order valence-electron chi connectivity index (χ4n) is 3.83. The van der Waals surface area contributed by atoms with Gasteiger partial charge in [0, 0.05) is 11.5 Å². The Morgan fingerprint density at radius 1 is 0.865 bits per heavy atom. The number of hydrogen-bond acceptors (Lipinski definition) is 2. The maximum Gasteiger partial charge on any atom is 0.166 e. The minimum atomic E-state index is 0.239. The lowest BCUT2D eigenvalue weighted by Crippen LogP contribution is -2.33. The number of nitrogens with zero attached hydrogens (tertiary/aromatic N) is 1. The van der Waals surface area contributed by atoms with Crippen molar-refractivity contribution in [2.45, 2.75) is 120 Å². The average Bonchev–Trinajstić information content (AvgIpc) is 2.92. The summed E-state index contributed by atoms with van der Waals surface area (Å²) in [4.78, 5) is 14.4. The zero-order valence-corrected chi connectivity index (χ0v) is 26.7. The number of rotatable bonds is 5. The lowest BCUT2D eigenvalue weighted by atomic mass is 9.85. The third kappa shape index (κ3) is 16.5. The Morgan fingerprint density at radius 3 is 1.78 bits per heavy atom. The van der Waals surface area contributed by atoms with E-state index in [-0.39, 0.29) is 11.3 Å². The predicted octanol–water partition coefficient (Wildman–Crippen LogP) is 10.6. The largest absolute Gasteiger partial charge is 0.306 e. The van der Waals surface area contributed by atoms with Crippen LogP contribution < -0.4 is 0 Å². The SMILES string of the molecule is CC.CC.CC(C)c1cccc(C(C)(C)C)c1.CCCCC.CN1CCC(C(=O)c2ccccc2)CC1. The summed E-state index contributed by atoms with van der Waals surface area (Å²) in [6.45, 7) is 25.8. The molecule has 0 saturated carbocycles. The molecule has 3 rings (SSSR count). The van der Waals surface area contributed by atoms with Crippen LogP contribution in [0, 0.1) is 5.92 Å². The first-order valence-electron chi connectivity index (χ1n) is 15.0. The molecule has 1 aliphatic heterocycles. The number of hydrogen-bond donors (Lipinski definition) is 0. The summed E-state index contributed by atoms with van der Waals surface area (Å²) < 4.78 is 0. The van der Waals surface area contributed by atoms with E-state index in [0.717, 1.165) is 31.5 Å². The molecule has 0 N–H and O–H groups in total. The molecule has 0 spiro atoms. The summed E-state index contributed by atoms with van der Waals surface area (Å²) in [7, 11) is 2.11. The third-order valence-electron chi connectivity index (χ3n) is 6.27. The normalized spacial score (nSPS) is 13.4. The van der Waals surface area contributed by atoms with E-state index in [2.05, 4.69) is 84.7 Å². The van der Waals surface area contributed by atoms with Crippen molar-refractivity contribution in [3.8, 4) is 0 Å². The van der Waals surface area contributed by atoms with Crippen molar-refractivity contribution in [1.82, 2.24) is 4.90 Å². The van der Waals surface area contributed by atoms with Crippen LogP contribution in [-0.4, -0.2) is 30.8 Å². The summed E-state index contributed by atoms with van der Waals surface area (Å²) in [5.74, 6) is 1.19. The molecular weight excluding hydrogens is 450 g/mol. The number of Topliss-reactive ketones (excluding diaryl/α,β-unsaturated/α-hetero) is 1. The zero-order valence-electron chi connectivity index (χ0n) is 26.7. The van der Waals surface area contributed by atoms with E-state index >= 15 is 0 Å². The van der Waals surface area contributed by atoms with Crippen LogP contribution in [0.25, 0.3) is 0 Å². The summed E-state index contributed by atoms with van der Waals surface area (Å²) in [5, 5.41) is 0. The van der Waals surface area contributed by atoms with Gasteiger partial charge in [0.15, 0.2) is 5.78 Å². The lowest BCUT2D eigenvalue weighted by molar-refractivity contribution is 0.0857. The Hall–Kier alpha value is -1.93. The number of carbonyl (C=O) groups excluding carboxylic acids is 1. The fourth-order valence-corrected chi connectivity index (χ4v) is 3.83. The number of carbonyl (C=O) groups is 1. The van der Waals surface area contributed by atoms with Crippen LogP contribution in [0.5, 0.6) is 0 Å². The maximum atomic E-state index is 12.1. The van der Waals surface area contributed by atoms with E-state index < -0.39 is 0 Å². The van der Waals surface area contributed by atoms with E-state index in [1.807, 2.05) is 58.0 Å². The van der Waals surface area contributed by atoms with Gasteiger partial charge in [-0.25, -0.2) is 0 Å². The summed E-state index contributed by atoms with van der Waals surface area (Å²) >= 11 is 0. The molecule has 0 atom stereocenters. The molecule has 2 heteroatoms. The first kappa shape index (κ1) is 37.2. The van der Waals surface area contributed by atoms with E-state index in [0.29, 0.717) is 11.7 Å². The maximum absolute atomic E-state index is 12.1. The van der Waals surface area contributed by atoms with Gasteiger partial charge >= 0.3 is 0 Å². The standard InChI is InChI=1S/C13H17NO.C13H20.C5H12.2C2H6/c1-14-9-7-12(8-10-14)13(15)11-5-3-2-4-6-11;1-10(2)11-7-6-8-12(9-11)13(3,4)5;1-3-5-4-2;2*1-2/h2-6,12H,7-10H2,1H3;6-10H,1-5H3;3-5H2,1-2H3;2*1-2H3. The van der Waals surface area contributed by atoms with Crippen LogP contribution in [0.4, 0.5) is 0 Å². The molecule has 37 heavy (non-hydrogen) atoms. The minimum absolute atomic E-state index is 0.239. The van der Waals surface area contributed by atoms with E-state index in [1.54, 1.807) is 0 Å². The van der Waals surface area contributed by atoms with Gasteiger partial charge in [-0.05, 0) is 55.4 Å².